The van der Waals surface area contributed by atoms with E-state index in [0.29, 0.717) is 17.0 Å². The summed E-state index contributed by atoms with van der Waals surface area (Å²) in [7, 11) is 0. The molecule has 4 rings (SSSR count). The van der Waals surface area contributed by atoms with Gasteiger partial charge < -0.3 is 4.42 Å². The number of hydrogen-bond acceptors (Lipinski definition) is 2. The summed E-state index contributed by atoms with van der Waals surface area (Å²) >= 11 is 0. The topological polar surface area (TPSA) is 35.1 Å². The van der Waals surface area contributed by atoms with Gasteiger partial charge >= 0.3 is 5.76 Å². The molecule has 0 bridgehead atoms. The minimum absolute atomic E-state index is 0.352. The summed E-state index contributed by atoms with van der Waals surface area (Å²) in [5.41, 5.74) is 2.65. The van der Waals surface area contributed by atoms with Crippen molar-refractivity contribution in [2.45, 2.75) is 0 Å². The maximum absolute atomic E-state index is 13.9. The van der Waals surface area contributed by atoms with Crippen LogP contribution in [0.25, 0.3) is 34.9 Å². The van der Waals surface area contributed by atoms with Gasteiger partial charge in [0.05, 0.1) is 0 Å². The first-order chi connectivity index (χ1) is 13.2. The molecular weight excluding hydrogens is 341 g/mol. The van der Waals surface area contributed by atoms with Crippen LogP contribution in [0.5, 0.6) is 0 Å². The number of benzene rings is 3. The van der Waals surface area contributed by atoms with Crippen molar-refractivity contribution in [1.82, 2.24) is 4.57 Å². The molecule has 27 heavy (non-hydrogen) atoms. The minimum atomic E-state index is -0.528. The van der Waals surface area contributed by atoms with Crippen LogP contribution in [0.4, 0.5) is 4.39 Å². The van der Waals surface area contributed by atoms with E-state index in [9.17, 15) is 9.18 Å². The van der Waals surface area contributed by atoms with Gasteiger partial charge in [0.15, 0.2) is 5.76 Å². The Morgan fingerprint density at radius 3 is 2.04 bits per heavy atom. The van der Waals surface area contributed by atoms with Crippen LogP contribution in [0.3, 0.4) is 0 Å². The highest BCUT2D eigenvalue weighted by atomic mass is 19.1. The summed E-state index contributed by atoms with van der Waals surface area (Å²) in [6, 6.07) is 25.4. The fourth-order valence-electron chi connectivity index (χ4n) is 2.94. The summed E-state index contributed by atoms with van der Waals surface area (Å²) in [5.74, 6) is -0.403. The summed E-state index contributed by atoms with van der Waals surface area (Å²) < 4.78 is 20.9. The highest BCUT2D eigenvalue weighted by molar-refractivity contribution is 5.79. The molecule has 4 heteroatoms. The average molecular weight is 357 g/mol. The number of oxazole rings is 1. The molecule has 4 aromatic rings. The summed E-state index contributed by atoms with van der Waals surface area (Å²) in [4.78, 5) is 12.6. The fraction of sp³-hybridized carbons (Fsp3) is 0. The molecule has 0 N–H and O–H groups in total. The molecule has 0 amide bonds. The molecule has 0 aliphatic carbocycles. The predicted molar refractivity (Wildman–Crippen MR) is 105 cm³/mol. The second kappa shape index (κ2) is 7.30. The normalized spacial score (nSPS) is 11.1. The van der Waals surface area contributed by atoms with E-state index in [4.69, 9.17) is 4.42 Å². The van der Waals surface area contributed by atoms with Crippen molar-refractivity contribution >= 4 is 12.3 Å². The van der Waals surface area contributed by atoms with Gasteiger partial charge in [-0.25, -0.2) is 13.8 Å². The second-order valence-corrected chi connectivity index (χ2v) is 5.99. The second-order valence-electron chi connectivity index (χ2n) is 5.99. The van der Waals surface area contributed by atoms with E-state index >= 15 is 0 Å². The molecular formula is C23H16FNO2. The molecule has 0 radical (unpaired) electrons. The average Bonchev–Trinajstić information content (AvgIpc) is 3.05. The Bertz CT molecular complexity index is 1140. The van der Waals surface area contributed by atoms with Crippen molar-refractivity contribution in [2.75, 3.05) is 0 Å². The highest BCUT2D eigenvalue weighted by Gasteiger charge is 2.18. The van der Waals surface area contributed by atoms with Crippen LogP contribution in [-0.2, 0) is 0 Å². The lowest BCUT2D eigenvalue weighted by molar-refractivity contribution is 0.519. The van der Waals surface area contributed by atoms with Gasteiger partial charge in [-0.2, -0.15) is 0 Å². The number of nitrogens with zero attached hydrogens (tertiary/aromatic N) is 1. The molecule has 0 spiro atoms. The molecule has 0 saturated heterocycles. The van der Waals surface area contributed by atoms with Crippen molar-refractivity contribution in [3.8, 4) is 22.6 Å². The molecule has 1 aromatic heterocycles. The van der Waals surface area contributed by atoms with E-state index in [1.165, 1.54) is 10.6 Å². The van der Waals surface area contributed by atoms with E-state index in [-0.39, 0.29) is 5.82 Å². The molecule has 132 valence electrons. The quantitative estimate of drug-likeness (QED) is 0.480. The Morgan fingerprint density at radius 2 is 1.37 bits per heavy atom. The Labute approximate surface area is 155 Å². The lowest BCUT2D eigenvalue weighted by atomic mass is 10.1. The maximum Gasteiger partial charge on any atom is 0.424 e. The first-order valence-electron chi connectivity index (χ1n) is 8.53. The van der Waals surface area contributed by atoms with Gasteiger partial charge in [0, 0.05) is 22.9 Å². The summed E-state index contributed by atoms with van der Waals surface area (Å²) in [6.45, 7) is 0. The van der Waals surface area contributed by atoms with Gasteiger partial charge in [-0.1, -0.05) is 78.9 Å². The molecule has 3 nitrogen and oxygen atoms in total. The van der Waals surface area contributed by atoms with Crippen molar-refractivity contribution < 1.29 is 8.81 Å². The van der Waals surface area contributed by atoms with Crippen molar-refractivity contribution in [2.24, 2.45) is 0 Å². The summed E-state index contributed by atoms with van der Waals surface area (Å²) in [5, 5.41) is 0. The predicted octanol–water partition coefficient (Wildman–Crippen LogP) is 5.54. The third kappa shape index (κ3) is 3.37. The zero-order valence-corrected chi connectivity index (χ0v) is 14.4. The van der Waals surface area contributed by atoms with Crippen molar-refractivity contribution in [3.05, 3.63) is 107 Å². The molecule has 0 aliphatic heterocycles. The van der Waals surface area contributed by atoms with Crippen molar-refractivity contribution in [1.29, 1.82) is 0 Å². The molecule has 0 unspecified atom stereocenters. The van der Waals surface area contributed by atoms with E-state index in [1.54, 1.807) is 30.5 Å². The first kappa shape index (κ1) is 16.8. The van der Waals surface area contributed by atoms with Crippen LogP contribution < -0.4 is 5.76 Å². The van der Waals surface area contributed by atoms with Gasteiger partial charge in [-0.05, 0) is 12.1 Å². The van der Waals surface area contributed by atoms with Gasteiger partial charge in [0.25, 0.3) is 0 Å². The third-order valence-electron chi connectivity index (χ3n) is 4.23. The smallest absolute Gasteiger partial charge is 0.407 e. The Hall–Kier alpha value is -3.66. The molecule has 0 atom stereocenters. The van der Waals surface area contributed by atoms with Crippen LogP contribution in [0.15, 0.2) is 94.1 Å². The maximum atomic E-state index is 13.9. The fourth-order valence-corrected chi connectivity index (χ4v) is 2.94. The minimum Gasteiger partial charge on any atom is -0.407 e. The van der Waals surface area contributed by atoms with Crippen molar-refractivity contribution in [3.63, 3.8) is 0 Å². The molecule has 1 heterocycles. The van der Waals surface area contributed by atoms with Crippen LogP contribution in [0.2, 0.25) is 0 Å². The number of hydrogen-bond donors (Lipinski definition) is 0. The zero-order chi connectivity index (χ0) is 18.6. The van der Waals surface area contributed by atoms with Crippen LogP contribution in [0.1, 0.15) is 5.56 Å². The zero-order valence-electron chi connectivity index (χ0n) is 14.4. The number of aromatic nitrogens is 1. The van der Waals surface area contributed by atoms with E-state index in [0.717, 1.165) is 11.1 Å². The number of rotatable bonds is 4. The van der Waals surface area contributed by atoms with Crippen LogP contribution in [-0.4, -0.2) is 4.57 Å². The Balaban J connectivity index is 1.91. The van der Waals surface area contributed by atoms with Gasteiger partial charge in [0.1, 0.15) is 11.5 Å². The number of halogens is 1. The highest BCUT2D eigenvalue weighted by Crippen LogP contribution is 2.31. The Kier molecular flexibility index (Phi) is 4.54. The SMILES string of the molecule is O=c1oc(-c2ccccc2)c(-c2ccccc2)n1/C=C/c1ccccc1F. The van der Waals surface area contributed by atoms with E-state index in [2.05, 4.69) is 0 Å². The monoisotopic (exact) mass is 357 g/mol. The molecule has 0 saturated carbocycles. The standard InChI is InChI=1S/C23H16FNO2/c24-20-14-8-7-9-17(20)15-16-25-21(18-10-3-1-4-11-18)22(27-23(25)26)19-12-5-2-6-13-19/h1-16H/b16-15+. The first-order valence-corrected chi connectivity index (χ1v) is 8.53. The van der Waals surface area contributed by atoms with E-state index < -0.39 is 5.76 Å². The summed E-state index contributed by atoms with van der Waals surface area (Å²) in [6.07, 6.45) is 3.10. The molecule has 0 fully saturated rings. The van der Waals surface area contributed by atoms with Crippen LogP contribution in [0, 0.1) is 5.82 Å². The lowest BCUT2D eigenvalue weighted by Gasteiger charge is -2.05. The molecule has 3 aromatic carbocycles. The van der Waals surface area contributed by atoms with Gasteiger partial charge in [-0.3, -0.25) is 0 Å². The lowest BCUT2D eigenvalue weighted by Crippen LogP contribution is -2.09. The van der Waals surface area contributed by atoms with Gasteiger partial charge in [-0.15, -0.1) is 0 Å². The van der Waals surface area contributed by atoms with Crippen LogP contribution >= 0.6 is 0 Å². The largest absolute Gasteiger partial charge is 0.424 e. The van der Waals surface area contributed by atoms with E-state index in [1.807, 2.05) is 60.7 Å². The van der Waals surface area contributed by atoms with Gasteiger partial charge in [0.2, 0.25) is 0 Å². The Morgan fingerprint density at radius 1 is 0.778 bits per heavy atom. The third-order valence-corrected chi connectivity index (χ3v) is 4.23. The molecule has 0 aliphatic rings.